The van der Waals surface area contributed by atoms with Gasteiger partial charge in [0.2, 0.25) is 0 Å². The molecule has 0 spiro atoms. The van der Waals surface area contributed by atoms with Gasteiger partial charge in [-0.3, -0.25) is 4.99 Å². The number of thioether (sulfide) groups is 1. The lowest BCUT2D eigenvalue weighted by Crippen LogP contribution is -2.28. The van der Waals surface area contributed by atoms with Crippen LogP contribution in [0, 0.1) is 0 Å². The number of methoxy groups -OCH3 is 1. The smallest absolute Gasteiger partial charge is 0.119 e. The molecule has 1 heterocycles. The summed E-state index contributed by atoms with van der Waals surface area (Å²) >= 11 is 1.80. The van der Waals surface area contributed by atoms with Crippen LogP contribution in [0.15, 0.2) is 59.6 Å². The third kappa shape index (κ3) is 3.54. The molecule has 25 heavy (non-hydrogen) atoms. The van der Waals surface area contributed by atoms with Gasteiger partial charge in [0, 0.05) is 18.6 Å². The number of benzene rings is 2. The molecule has 2 aromatic carbocycles. The molecule has 2 aromatic rings. The van der Waals surface area contributed by atoms with Gasteiger partial charge in [0.25, 0.3) is 0 Å². The predicted molar refractivity (Wildman–Crippen MR) is 107 cm³/mol. The molecule has 2 atom stereocenters. The van der Waals surface area contributed by atoms with E-state index in [1.54, 1.807) is 11.8 Å². The molecule has 4 rings (SSSR count). The summed E-state index contributed by atoms with van der Waals surface area (Å²) in [5, 5.41) is 1.17. The predicted octanol–water partition coefficient (Wildman–Crippen LogP) is 5.62. The molecule has 0 saturated heterocycles. The van der Waals surface area contributed by atoms with Gasteiger partial charge in [0.1, 0.15) is 10.5 Å². The second-order valence-electron chi connectivity index (χ2n) is 6.92. The maximum absolute atomic E-state index is 5.92. The number of fused-ring (bicyclic) bond motifs is 1. The topological polar surface area (TPSA) is 21.6 Å². The Morgan fingerprint density at radius 2 is 1.64 bits per heavy atom. The summed E-state index contributed by atoms with van der Waals surface area (Å²) in [6.45, 7) is 0. The largest absolute Gasteiger partial charge is 0.369 e. The zero-order valence-corrected chi connectivity index (χ0v) is 15.5. The summed E-state index contributed by atoms with van der Waals surface area (Å²) in [6, 6.07) is 19.9. The van der Waals surface area contributed by atoms with Gasteiger partial charge in [-0.2, -0.15) is 0 Å². The number of hydrogen-bond donors (Lipinski definition) is 0. The molecule has 0 amide bonds. The third-order valence-corrected chi connectivity index (χ3v) is 6.54. The molecule has 1 aliphatic carbocycles. The SMILES string of the molecule is CO[C@@H]1SC(=NC2CCCCC2)c2ccccc2[C@H]1c1ccccc1. The zero-order chi connectivity index (χ0) is 17.1. The maximum Gasteiger partial charge on any atom is 0.119 e. The van der Waals surface area contributed by atoms with Crippen molar-refractivity contribution >= 4 is 16.8 Å². The van der Waals surface area contributed by atoms with E-state index in [1.165, 1.54) is 53.8 Å². The molecular weight excluding hydrogens is 326 g/mol. The highest BCUT2D eigenvalue weighted by atomic mass is 32.2. The van der Waals surface area contributed by atoms with Gasteiger partial charge in [0.15, 0.2) is 0 Å². The van der Waals surface area contributed by atoms with Crippen LogP contribution in [0.25, 0.3) is 0 Å². The number of ether oxygens (including phenoxy) is 1. The van der Waals surface area contributed by atoms with Gasteiger partial charge in [-0.1, -0.05) is 85.6 Å². The Hall–Kier alpha value is -1.58. The van der Waals surface area contributed by atoms with E-state index in [4.69, 9.17) is 9.73 Å². The van der Waals surface area contributed by atoms with Crippen molar-refractivity contribution in [3.63, 3.8) is 0 Å². The van der Waals surface area contributed by atoms with E-state index in [0.29, 0.717) is 6.04 Å². The standard InChI is InChI=1S/C22H25NOS/c1-24-22-20(16-10-4-2-5-11-16)18-14-8-9-15-19(18)21(25-22)23-17-12-6-3-7-13-17/h2,4-5,8-11,14-15,17,20,22H,3,6-7,12-13H2,1H3/t20-,22-/m1/s1. The molecule has 2 aliphatic rings. The average Bonchev–Trinajstić information content (AvgIpc) is 2.69. The highest BCUT2D eigenvalue weighted by Gasteiger charge is 2.35. The summed E-state index contributed by atoms with van der Waals surface area (Å²) in [4.78, 5) is 5.16. The van der Waals surface area contributed by atoms with Crippen LogP contribution in [0.2, 0.25) is 0 Å². The summed E-state index contributed by atoms with van der Waals surface area (Å²) in [7, 11) is 1.82. The molecule has 0 radical (unpaired) electrons. The van der Waals surface area contributed by atoms with Gasteiger partial charge in [0.05, 0.1) is 6.04 Å². The van der Waals surface area contributed by atoms with Crippen LogP contribution in [-0.4, -0.2) is 23.6 Å². The molecule has 130 valence electrons. The van der Waals surface area contributed by atoms with Gasteiger partial charge in [-0.15, -0.1) is 0 Å². The summed E-state index contributed by atoms with van der Waals surface area (Å²) in [5.74, 6) is 0.248. The van der Waals surface area contributed by atoms with E-state index in [0.717, 1.165) is 0 Å². The molecular formula is C22H25NOS. The minimum absolute atomic E-state index is 0.0691. The molecule has 1 fully saturated rings. The van der Waals surface area contributed by atoms with Crippen LogP contribution in [0.4, 0.5) is 0 Å². The lowest BCUT2D eigenvalue weighted by molar-refractivity contribution is 0.160. The van der Waals surface area contributed by atoms with Crippen molar-refractivity contribution in [3.8, 4) is 0 Å². The van der Waals surface area contributed by atoms with Crippen LogP contribution in [0.1, 0.15) is 54.7 Å². The first-order valence-electron chi connectivity index (χ1n) is 9.28. The molecule has 3 heteroatoms. The van der Waals surface area contributed by atoms with Crippen molar-refractivity contribution in [3.05, 3.63) is 71.3 Å². The first kappa shape index (κ1) is 16.9. The van der Waals surface area contributed by atoms with Gasteiger partial charge in [-0.25, -0.2) is 0 Å². The van der Waals surface area contributed by atoms with E-state index in [9.17, 15) is 0 Å². The maximum atomic E-state index is 5.92. The van der Waals surface area contributed by atoms with Crippen molar-refractivity contribution < 1.29 is 4.74 Å². The van der Waals surface area contributed by atoms with Crippen molar-refractivity contribution in [1.82, 2.24) is 0 Å². The minimum Gasteiger partial charge on any atom is -0.369 e. The Bertz CT molecular complexity index is 737. The molecule has 1 saturated carbocycles. The lowest BCUT2D eigenvalue weighted by atomic mass is 9.88. The Labute approximate surface area is 154 Å². The van der Waals surface area contributed by atoms with Gasteiger partial charge >= 0.3 is 0 Å². The average molecular weight is 352 g/mol. The quantitative estimate of drug-likeness (QED) is 0.716. The van der Waals surface area contributed by atoms with Crippen LogP contribution in [0.5, 0.6) is 0 Å². The van der Waals surface area contributed by atoms with E-state index in [1.807, 2.05) is 7.11 Å². The monoisotopic (exact) mass is 351 g/mol. The van der Waals surface area contributed by atoms with Crippen LogP contribution in [0.3, 0.4) is 0 Å². The molecule has 0 N–H and O–H groups in total. The highest BCUT2D eigenvalue weighted by Crippen LogP contribution is 2.44. The minimum atomic E-state index is 0.0691. The van der Waals surface area contributed by atoms with E-state index < -0.39 is 0 Å². The first-order valence-corrected chi connectivity index (χ1v) is 10.2. The summed E-state index contributed by atoms with van der Waals surface area (Å²) in [6.07, 6.45) is 6.45. The van der Waals surface area contributed by atoms with Crippen molar-refractivity contribution in [2.24, 2.45) is 4.99 Å². The molecule has 0 bridgehead atoms. The van der Waals surface area contributed by atoms with Crippen LogP contribution >= 0.6 is 11.8 Å². The van der Waals surface area contributed by atoms with Crippen molar-refractivity contribution in [2.75, 3.05) is 7.11 Å². The second kappa shape index (κ2) is 7.76. The highest BCUT2D eigenvalue weighted by molar-refractivity contribution is 8.15. The lowest BCUT2D eigenvalue weighted by Gasteiger charge is -2.34. The summed E-state index contributed by atoms with van der Waals surface area (Å²) < 4.78 is 5.92. The van der Waals surface area contributed by atoms with E-state index in [2.05, 4.69) is 54.6 Å². The zero-order valence-electron chi connectivity index (χ0n) is 14.7. The molecule has 1 aliphatic heterocycles. The number of aliphatic imine (C=N–C) groups is 1. The third-order valence-electron chi connectivity index (χ3n) is 5.29. The molecule has 2 nitrogen and oxygen atoms in total. The number of nitrogens with zero attached hydrogens (tertiary/aromatic N) is 1. The fourth-order valence-corrected chi connectivity index (χ4v) is 5.29. The fourth-order valence-electron chi connectivity index (χ4n) is 4.01. The van der Waals surface area contributed by atoms with Crippen LogP contribution in [-0.2, 0) is 4.74 Å². The Kier molecular flexibility index (Phi) is 5.23. The summed E-state index contributed by atoms with van der Waals surface area (Å²) in [5.41, 5.74) is 4.01. The van der Waals surface area contributed by atoms with Gasteiger partial charge in [-0.05, 0) is 24.0 Å². The second-order valence-corrected chi connectivity index (χ2v) is 8.01. The van der Waals surface area contributed by atoms with Crippen molar-refractivity contribution in [1.29, 1.82) is 0 Å². The number of hydrogen-bond acceptors (Lipinski definition) is 3. The fraction of sp³-hybridized carbons (Fsp3) is 0.409. The Morgan fingerprint density at radius 3 is 2.40 bits per heavy atom. The molecule has 0 aromatic heterocycles. The normalized spacial score (nSPS) is 25.7. The Balaban J connectivity index is 1.75. The van der Waals surface area contributed by atoms with E-state index >= 15 is 0 Å². The Morgan fingerprint density at radius 1 is 0.920 bits per heavy atom. The van der Waals surface area contributed by atoms with E-state index in [-0.39, 0.29) is 11.4 Å². The first-order chi connectivity index (χ1) is 12.4. The van der Waals surface area contributed by atoms with Gasteiger partial charge < -0.3 is 4.74 Å². The van der Waals surface area contributed by atoms with Crippen LogP contribution < -0.4 is 0 Å². The molecule has 0 unspecified atom stereocenters. The number of rotatable bonds is 3. The van der Waals surface area contributed by atoms with Crippen molar-refractivity contribution in [2.45, 2.75) is 49.5 Å².